The van der Waals surface area contributed by atoms with E-state index in [1.165, 1.54) is 0 Å². The van der Waals surface area contributed by atoms with Crippen LogP contribution >= 0.6 is 0 Å². The average molecular weight is 553 g/mol. The lowest BCUT2D eigenvalue weighted by atomic mass is 10.3. The first-order valence-corrected chi connectivity index (χ1v) is 13.0. The van der Waals surface area contributed by atoms with Crippen molar-refractivity contribution in [3.8, 4) is 49.4 Å². The summed E-state index contributed by atoms with van der Waals surface area (Å²) in [6, 6.07) is 0. The Labute approximate surface area is 237 Å². The number of nitrogens with zero attached hydrogens (tertiary/aromatic N) is 4. The van der Waals surface area contributed by atoms with Crippen molar-refractivity contribution in [1.82, 2.24) is 40.9 Å². The summed E-state index contributed by atoms with van der Waals surface area (Å²) < 4.78 is 0. The Kier molecular flexibility index (Phi) is 17.7. The number of hydrogen-bond acceptors (Lipinski definition) is 8. The van der Waals surface area contributed by atoms with Gasteiger partial charge in [0.15, 0.2) is 0 Å². The Morgan fingerprint density at radius 1 is 0.425 bits per heavy atom. The number of amides is 4. The van der Waals surface area contributed by atoms with Crippen molar-refractivity contribution < 1.29 is 19.2 Å². The third kappa shape index (κ3) is 16.0. The Morgan fingerprint density at radius 3 is 0.750 bits per heavy atom. The smallest absolute Gasteiger partial charge is 0.234 e. The van der Waals surface area contributed by atoms with Crippen molar-refractivity contribution in [2.45, 2.75) is 0 Å². The van der Waals surface area contributed by atoms with E-state index >= 15 is 0 Å². The van der Waals surface area contributed by atoms with Crippen molar-refractivity contribution in [1.29, 1.82) is 0 Å². The molecule has 0 unspecified atom stereocenters. The predicted molar refractivity (Wildman–Crippen MR) is 153 cm³/mol. The summed E-state index contributed by atoms with van der Waals surface area (Å²) in [5, 5.41) is 10.7. The zero-order valence-corrected chi connectivity index (χ0v) is 23.0. The summed E-state index contributed by atoms with van der Waals surface area (Å²) in [4.78, 5) is 57.5. The molecule has 12 heteroatoms. The van der Waals surface area contributed by atoms with Crippen LogP contribution < -0.4 is 21.3 Å². The van der Waals surface area contributed by atoms with E-state index in [9.17, 15) is 19.2 Å². The number of nitrogens with one attached hydrogen (secondary N) is 4. The highest BCUT2D eigenvalue weighted by molar-refractivity contribution is 5.79. The van der Waals surface area contributed by atoms with Crippen LogP contribution in [0.15, 0.2) is 0 Å². The first-order chi connectivity index (χ1) is 19.3. The Balaban J connectivity index is 3.09. The minimum absolute atomic E-state index is 0.109. The fraction of sp³-hybridized carbons (Fsp3) is 0.571. The molecular formula is C28H40N8O4. The van der Waals surface area contributed by atoms with Crippen LogP contribution in [0.3, 0.4) is 0 Å². The van der Waals surface area contributed by atoms with Gasteiger partial charge in [-0.2, -0.15) is 0 Å². The molecule has 0 radical (unpaired) electrons. The standard InChI is InChI=1S/C28H40N8O4/c1-5-9-29-25(37)21-33-13-15-34(22-26(38)30-10-6-2)17-19-36(24-28(40)32-12-8-4)20-18-35(16-14-33)23-27(39)31-11-7-3/h1-4H,9-24H2,(H,29,37)(H,30,38)(H,31,39)(H,32,40). The van der Waals surface area contributed by atoms with Gasteiger partial charge in [0.2, 0.25) is 23.6 Å². The predicted octanol–water partition coefficient (Wildman–Crippen LogP) is -3.79. The quantitative estimate of drug-likeness (QED) is 0.182. The molecule has 0 saturated carbocycles. The third-order valence-corrected chi connectivity index (χ3v) is 5.95. The summed E-state index contributed by atoms with van der Waals surface area (Å²) in [6.07, 6.45) is 21.0. The second-order valence-electron chi connectivity index (χ2n) is 9.03. The number of carbonyl (C=O) groups is 4. The number of rotatable bonds is 12. The molecule has 1 aliphatic rings. The maximum atomic E-state index is 12.4. The third-order valence-electron chi connectivity index (χ3n) is 5.95. The molecule has 1 aliphatic heterocycles. The first kappa shape index (κ1) is 34.0. The van der Waals surface area contributed by atoms with Crippen LogP contribution in [0, 0.1) is 49.4 Å². The highest BCUT2D eigenvalue weighted by Gasteiger charge is 2.21. The molecule has 1 saturated heterocycles. The summed E-state index contributed by atoms with van der Waals surface area (Å²) >= 11 is 0. The van der Waals surface area contributed by atoms with Gasteiger partial charge in [0.25, 0.3) is 0 Å². The maximum absolute atomic E-state index is 12.4. The molecule has 4 N–H and O–H groups in total. The van der Waals surface area contributed by atoms with Gasteiger partial charge in [0, 0.05) is 52.4 Å². The summed E-state index contributed by atoms with van der Waals surface area (Å²) in [5.74, 6) is 8.67. The van der Waals surface area contributed by atoms with E-state index < -0.39 is 0 Å². The molecule has 1 heterocycles. The molecule has 12 nitrogen and oxygen atoms in total. The molecule has 0 aliphatic carbocycles. The highest BCUT2D eigenvalue weighted by atomic mass is 16.2. The topological polar surface area (TPSA) is 129 Å². The molecule has 216 valence electrons. The fourth-order valence-electron chi connectivity index (χ4n) is 3.85. The highest BCUT2D eigenvalue weighted by Crippen LogP contribution is 2.01. The largest absolute Gasteiger partial charge is 0.344 e. The molecule has 40 heavy (non-hydrogen) atoms. The molecule has 1 fully saturated rings. The van der Waals surface area contributed by atoms with E-state index in [4.69, 9.17) is 25.7 Å². The number of carbonyl (C=O) groups excluding carboxylic acids is 4. The van der Waals surface area contributed by atoms with Crippen molar-refractivity contribution >= 4 is 23.6 Å². The molecule has 1 rings (SSSR count). The van der Waals surface area contributed by atoms with E-state index in [1.807, 2.05) is 19.6 Å². The van der Waals surface area contributed by atoms with Gasteiger partial charge < -0.3 is 21.3 Å². The second-order valence-corrected chi connectivity index (χ2v) is 9.03. The molecule has 0 bridgehead atoms. The van der Waals surface area contributed by atoms with E-state index in [2.05, 4.69) is 44.9 Å². The van der Waals surface area contributed by atoms with Gasteiger partial charge >= 0.3 is 0 Å². The van der Waals surface area contributed by atoms with Crippen molar-refractivity contribution in [2.75, 3.05) is 105 Å². The van der Waals surface area contributed by atoms with Gasteiger partial charge in [-0.3, -0.25) is 38.8 Å². The van der Waals surface area contributed by atoms with Crippen LogP contribution in [0.5, 0.6) is 0 Å². The van der Waals surface area contributed by atoms with Crippen LogP contribution in [-0.4, -0.2) is 148 Å². The Bertz CT molecular complexity index is 828. The lowest BCUT2D eigenvalue weighted by Crippen LogP contribution is -2.51. The zero-order chi connectivity index (χ0) is 29.6. The molecule has 4 amide bonds. The van der Waals surface area contributed by atoms with Crippen molar-refractivity contribution in [3.63, 3.8) is 0 Å². The molecule has 0 aromatic heterocycles. The first-order valence-electron chi connectivity index (χ1n) is 13.0. The molecule has 0 spiro atoms. The normalized spacial score (nSPS) is 15.9. The van der Waals surface area contributed by atoms with Crippen molar-refractivity contribution in [2.24, 2.45) is 0 Å². The minimum atomic E-state index is -0.217. The minimum Gasteiger partial charge on any atom is -0.344 e. The number of hydrogen-bond donors (Lipinski definition) is 4. The molecule has 0 aromatic rings. The summed E-state index contributed by atoms with van der Waals surface area (Å²) in [5.41, 5.74) is 0. The van der Waals surface area contributed by atoms with E-state index in [0.717, 1.165) is 0 Å². The monoisotopic (exact) mass is 552 g/mol. The molecule has 0 aromatic carbocycles. The van der Waals surface area contributed by atoms with Gasteiger partial charge in [0.05, 0.1) is 52.4 Å². The van der Waals surface area contributed by atoms with Gasteiger partial charge in [-0.25, -0.2) is 0 Å². The van der Waals surface area contributed by atoms with Gasteiger partial charge in [0.1, 0.15) is 0 Å². The maximum Gasteiger partial charge on any atom is 0.234 e. The second kappa shape index (κ2) is 20.9. The van der Waals surface area contributed by atoms with Crippen LogP contribution in [0.25, 0.3) is 0 Å². The fourth-order valence-corrected chi connectivity index (χ4v) is 3.85. The van der Waals surface area contributed by atoms with E-state index in [1.54, 1.807) is 0 Å². The van der Waals surface area contributed by atoms with Crippen LogP contribution in [0.2, 0.25) is 0 Å². The zero-order valence-electron chi connectivity index (χ0n) is 23.0. The summed E-state index contributed by atoms with van der Waals surface area (Å²) in [7, 11) is 0. The lowest BCUT2D eigenvalue weighted by molar-refractivity contribution is -0.124. The average Bonchev–Trinajstić information content (AvgIpc) is 2.93. The SMILES string of the molecule is C#CCNC(=O)CN1CCN(CC(=O)NCC#C)CCN(CC(=O)NCC#C)CCN(CC(=O)NCC#C)CC1. The van der Waals surface area contributed by atoms with Gasteiger partial charge in [-0.15, -0.1) is 25.7 Å². The summed E-state index contributed by atoms with van der Waals surface area (Å²) in [6.45, 7) is 4.76. The van der Waals surface area contributed by atoms with Crippen LogP contribution in [-0.2, 0) is 19.2 Å². The van der Waals surface area contributed by atoms with Crippen molar-refractivity contribution in [3.05, 3.63) is 0 Å². The van der Waals surface area contributed by atoms with Gasteiger partial charge in [-0.1, -0.05) is 23.7 Å². The molecular weight excluding hydrogens is 512 g/mol. The van der Waals surface area contributed by atoms with E-state index in [0.29, 0.717) is 52.4 Å². The van der Waals surface area contributed by atoms with Crippen LogP contribution in [0.1, 0.15) is 0 Å². The van der Waals surface area contributed by atoms with E-state index in [-0.39, 0.29) is 76.0 Å². The Morgan fingerprint density at radius 2 is 0.600 bits per heavy atom. The van der Waals surface area contributed by atoms with Crippen LogP contribution in [0.4, 0.5) is 0 Å². The lowest BCUT2D eigenvalue weighted by Gasteiger charge is -2.33. The van der Waals surface area contributed by atoms with Gasteiger partial charge in [-0.05, 0) is 0 Å². The number of terminal acetylenes is 4. The molecule has 0 atom stereocenters. The Hall–Kier alpha value is -4.04.